The van der Waals surface area contributed by atoms with Crippen molar-refractivity contribution in [2.45, 2.75) is 13.3 Å². The summed E-state index contributed by atoms with van der Waals surface area (Å²) in [6.45, 7) is 5.54. The predicted molar refractivity (Wildman–Crippen MR) is 50.8 cm³/mol. The van der Waals surface area contributed by atoms with Gasteiger partial charge in [0.25, 0.3) is 0 Å². The molecule has 0 saturated carbocycles. The molecule has 0 radical (unpaired) electrons. The van der Waals surface area contributed by atoms with E-state index in [2.05, 4.69) is 30.7 Å². The van der Waals surface area contributed by atoms with Crippen LogP contribution in [-0.2, 0) is 0 Å². The summed E-state index contributed by atoms with van der Waals surface area (Å²) in [6.07, 6.45) is 2.96. The first kappa shape index (κ1) is 22.6. The summed E-state index contributed by atoms with van der Waals surface area (Å²) >= 11 is 0. The first-order valence-corrected chi connectivity index (χ1v) is 3.26. The maximum Gasteiger partial charge on any atom is -0.0195 e. The van der Waals surface area contributed by atoms with Crippen LogP contribution in [0.2, 0.25) is 0 Å². The van der Waals surface area contributed by atoms with Gasteiger partial charge in [0.2, 0.25) is 0 Å². The number of nitrogens with two attached hydrogens (primary N) is 3. The lowest BCUT2D eigenvalue weighted by molar-refractivity contribution is 1.23. The first-order chi connectivity index (χ1) is 4.91. The van der Waals surface area contributed by atoms with Crippen molar-refractivity contribution in [1.82, 2.24) is 0 Å². The fraction of sp³-hybridized carbons (Fsp3) is 0.714. The van der Waals surface area contributed by atoms with Crippen molar-refractivity contribution < 1.29 is 0 Å². The zero-order chi connectivity index (χ0) is 9.41. The molecule has 0 amide bonds. The van der Waals surface area contributed by atoms with Crippen molar-refractivity contribution >= 4 is 0 Å². The Labute approximate surface area is 65.3 Å². The van der Waals surface area contributed by atoms with Gasteiger partial charge in [0, 0.05) is 0 Å². The van der Waals surface area contributed by atoms with E-state index >= 15 is 0 Å². The molecule has 0 aliphatic rings. The molecule has 0 fully saturated rings. The van der Waals surface area contributed by atoms with Gasteiger partial charge in [0.1, 0.15) is 0 Å². The van der Waals surface area contributed by atoms with Crippen LogP contribution in [0.25, 0.3) is 0 Å². The summed E-state index contributed by atoms with van der Waals surface area (Å²) in [4.78, 5) is 0. The molecule has 0 rings (SSSR count). The number of hydrogen-bond donors (Lipinski definition) is 3. The van der Waals surface area contributed by atoms with E-state index in [1.807, 2.05) is 6.08 Å². The van der Waals surface area contributed by atoms with E-state index in [1.165, 1.54) is 21.1 Å². The average Bonchev–Trinajstić information content (AvgIpc) is 2.14. The third-order valence-electron chi connectivity index (χ3n) is 0.289. The number of rotatable bonds is 1. The fourth-order valence-electron chi connectivity index (χ4n) is 0. The Kier molecular flexibility index (Phi) is 432. The van der Waals surface area contributed by atoms with Crippen LogP contribution >= 0.6 is 0 Å². The Bertz CT molecular complexity index is 22.8. The standard InChI is InChI=1S/C4H8.3CH5N/c1-3-4-2;3*1-2/h3H,1,4H2,2H3;3*2H2,1H3. The molecule has 0 heterocycles. The lowest BCUT2D eigenvalue weighted by Gasteiger charge is -1.57. The molecular formula is C7H23N3. The van der Waals surface area contributed by atoms with Gasteiger partial charge in [-0.2, -0.15) is 0 Å². The monoisotopic (exact) mass is 149 g/mol. The van der Waals surface area contributed by atoms with E-state index in [1.54, 1.807) is 0 Å². The second kappa shape index (κ2) is 191. The van der Waals surface area contributed by atoms with Crippen LogP contribution < -0.4 is 17.2 Å². The maximum absolute atomic E-state index is 4.50. The molecule has 0 aliphatic carbocycles. The molecule has 0 saturated heterocycles. The van der Waals surface area contributed by atoms with Crippen molar-refractivity contribution in [3.63, 3.8) is 0 Å². The molecule has 0 aliphatic heterocycles. The van der Waals surface area contributed by atoms with Crippen molar-refractivity contribution in [3.05, 3.63) is 12.7 Å². The Hall–Kier alpha value is -0.380. The van der Waals surface area contributed by atoms with Crippen molar-refractivity contribution in [2.24, 2.45) is 17.2 Å². The quantitative estimate of drug-likeness (QED) is 0.469. The van der Waals surface area contributed by atoms with Gasteiger partial charge in [0.05, 0.1) is 0 Å². The molecule has 6 N–H and O–H groups in total. The summed E-state index contributed by atoms with van der Waals surface area (Å²) in [5.74, 6) is 0. The van der Waals surface area contributed by atoms with E-state index in [-0.39, 0.29) is 0 Å². The highest BCUT2D eigenvalue weighted by molar-refractivity contribution is 4.60. The van der Waals surface area contributed by atoms with Crippen LogP contribution in [0.15, 0.2) is 12.7 Å². The van der Waals surface area contributed by atoms with Gasteiger partial charge in [-0.05, 0) is 27.6 Å². The minimum absolute atomic E-state index is 1.08. The van der Waals surface area contributed by atoms with Crippen LogP contribution in [0, 0.1) is 0 Å². The summed E-state index contributed by atoms with van der Waals surface area (Å²) in [6, 6.07) is 0. The summed E-state index contributed by atoms with van der Waals surface area (Å²) in [7, 11) is 4.50. The summed E-state index contributed by atoms with van der Waals surface area (Å²) < 4.78 is 0. The van der Waals surface area contributed by atoms with E-state index in [0.29, 0.717) is 0 Å². The molecule has 0 bridgehead atoms. The van der Waals surface area contributed by atoms with Crippen molar-refractivity contribution in [3.8, 4) is 0 Å². The molecule has 0 spiro atoms. The molecule has 3 heteroatoms. The molecule has 0 aromatic carbocycles. The van der Waals surface area contributed by atoms with Crippen molar-refractivity contribution in [2.75, 3.05) is 21.1 Å². The summed E-state index contributed by atoms with van der Waals surface area (Å²) in [5.41, 5.74) is 13.5. The molecule has 0 aromatic rings. The van der Waals surface area contributed by atoms with Crippen LogP contribution in [0.4, 0.5) is 0 Å². The lowest BCUT2D eigenvalue weighted by Crippen LogP contribution is -1.69. The highest BCUT2D eigenvalue weighted by Crippen LogP contribution is 1.66. The van der Waals surface area contributed by atoms with Gasteiger partial charge in [-0.3, -0.25) is 0 Å². The first-order valence-electron chi connectivity index (χ1n) is 3.26. The smallest absolute Gasteiger partial charge is 0.0195 e. The van der Waals surface area contributed by atoms with E-state index in [0.717, 1.165) is 6.42 Å². The van der Waals surface area contributed by atoms with Gasteiger partial charge < -0.3 is 17.2 Å². The molecule has 0 aromatic heterocycles. The SMILES string of the molecule is C=CCC.CN.CN.CN. The third kappa shape index (κ3) is 869. The maximum atomic E-state index is 4.50. The van der Waals surface area contributed by atoms with Crippen LogP contribution in [0.5, 0.6) is 0 Å². The molecule has 0 atom stereocenters. The Morgan fingerprint density at radius 2 is 1.10 bits per heavy atom. The Morgan fingerprint density at radius 3 is 1.10 bits per heavy atom. The average molecular weight is 149 g/mol. The molecule has 3 nitrogen and oxygen atoms in total. The number of allylic oxidation sites excluding steroid dienone is 1. The van der Waals surface area contributed by atoms with E-state index < -0.39 is 0 Å². The highest BCUT2D eigenvalue weighted by atomic mass is 14.4. The van der Waals surface area contributed by atoms with Gasteiger partial charge in [0.15, 0.2) is 0 Å². The van der Waals surface area contributed by atoms with Crippen LogP contribution in [0.3, 0.4) is 0 Å². The predicted octanol–water partition coefficient (Wildman–Crippen LogP) is 0.307. The fourth-order valence-corrected chi connectivity index (χ4v) is 0. The second-order valence-electron chi connectivity index (χ2n) is 0.697. The topological polar surface area (TPSA) is 78.1 Å². The van der Waals surface area contributed by atoms with Crippen LogP contribution in [0.1, 0.15) is 13.3 Å². The highest BCUT2D eigenvalue weighted by Gasteiger charge is 1.45. The Morgan fingerprint density at radius 1 is 1.00 bits per heavy atom. The zero-order valence-electron chi connectivity index (χ0n) is 7.72. The largest absolute Gasteiger partial charge is 0.333 e. The minimum atomic E-state index is 1.08. The zero-order valence-corrected chi connectivity index (χ0v) is 7.72. The van der Waals surface area contributed by atoms with Gasteiger partial charge >= 0.3 is 0 Å². The molecule has 0 unspecified atom stereocenters. The van der Waals surface area contributed by atoms with Gasteiger partial charge in [-0.1, -0.05) is 13.0 Å². The molecular weight excluding hydrogens is 126 g/mol. The Balaban J connectivity index is -0.0000000262. The normalized spacial score (nSPS) is 4.30. The van der Waals surface area contributed by atoms with E-state index in [9.17, 15) is 0 Å². The molecule has 66 valence electrons. The van der Waals surface area contributed by atoms with E-state index in [4.69, 9.17) is 0 Å². The van der Waals surface area contributed by atoms with Crippen molar-refractivity contribution in [1.29, 1.82) is 0 Å². The van der Waals surface area contributed by atoms with Gasteiger partial charge in [-0.15, -0.1) is 6.58 Å². The minimum Gasteiger partial charge on any atom is -0.333 e. The molecule has 10 heavy (non-hydrogen) atoms. The lowest BCUT2D eigenvalue weighted by atomic mass is 10.5. The second-order valence-corrected chi connectivity index (χ2v) is 0.697. The number of hydrogen-bond acceptors (Lipinski definition) is 3. The van der Waals surface area contributed by atoms with Crippen LogP contribution in [-0.4, -0.2) is 21.1 Å². The summed E-state index contributed by atoms with van der Waals surface area (Å²) in [5, 5.41) is 0. The van der Waals surface area contributed by atoms with Gasteiger partial charge in [-0.25, -0.2) is 0 Å². The third-order valence-corrected chi connectivity index (χ3v) is 0.289.